The third-order valence-corrected chi connectivity index (χ3v) is 6.93. The van der Waals surface area contributed by atoms with E-state index in [0.29, 0.717) is 18.7 Å². The number of alkyl halides is 3. The average molecular weight is 561 g/mol. The molecule has 0 saturated carbocycles. The van der Waals surface area contributed by atoms with Crippen molar-refractivity contribution in [2.75, 3.05) is 0 Å². The minimum atomic E-state index is -5.02. The summed E-state index contributed by atoms with van der Waals surface area (Å²) in [5, 5.41) is 10.8. The van der Waals surface area contributed by atoms with Crippen molar-refractivity contribution in [2.45, 2.75) is 39.7 Å². The number of fused-ring (bicyclic) bond motifs is 1. The number of rotatable bonds is 8. The Bertz CT molecular complexity index is 1690. The van der Waals surface area contributed by atoms with Crippen molar-refractivity contribution >= 4 is 11.0 Å². The molecule has 5 rings (SSSR count). The van der Waals surface area contributed by atoms with Crippen LogP contribution in [0.5, 0.6) is 17.2 Å². The summed E-state index contributed by atoms with van der Waals surface area (Å²) in [6.07, 6.45) is -5.02. The van der Waals surface area contributed by atoms with Gasteiger partial charge in [0.05, 0.1) is 10.9 Å². The number of phenolic OH excluding ortho intramolecular Hbond substituents is 1. The highest BCUT2D eigenvalue weighted by atomic mass is 19.4. The third-order valence-electron chi connectivity index (χ3n) is 6.93. The molecule has 0 saturated heterocycles. The number of hydrogen-bond donors (Lipinski definition) is 2. The SMILES string of the molecule is Cc1ccc(C)c(Oc2c(C(F)(F)F)oc3c(C[NH+](Cc4ccccc4)Cc4ccccc4)c(O)ccc3c2=O)c1. The molecule has 8 heteroatoms. The number of quaternary nitrogens is 1. The maximum atomic E-state index is 14.3. The number of aryl methyl sites for hydroxylation is 2. The maximum Gasteiger partial charge on any atom is 0.453 e. The fraction of sp³-hybridized carbons (Fsp3) is 0.182. The maximum absolute atomic E-state index is 14.3. The second kappa shape index (κ2) is 11.5. The molecule has 5 nitrogen and oxygen atoms in total. The van der Waals surface area contributed by atoms with Crippen molar-refractivity contribution in [1.29, 1.82) is 0 Å². The molecule has 210 valence electrons. The Kier molecular flexibility index (Phi) is 7.85. The van der Waals surface area contributed by atoms with Gasteiger partial charge in [0.25, 0.3) is 5.76 Å². The number of nitrogens with one attached hydrogen (secondary N) is 1. The molecule has 1 aromatic heterocycles. The smallest absolute Gasteiger partial charge is 0.453 e. The van der Waals surface area contributed by atoms with Crippen molar-refractivity contribution in [3.05, 3.63) is 135 Å². The van der Waals surface area contributed by atoms with Gasteiger partial charge in [-0.2, -0.15) is 13.2 Å². The van der Waals surface area contributed by atoms with Gasteiger partial charge in [-0.15, -0.1) is 0 Å². The van der Waals surface area contributed by atoms with Crippen LogP contribution >= 0.6 is 0 Å². The number of benzene rings is 4. The fourth-order valence-electron chi connectivity index (χ4n) is 4.87. The number of ether oxygens (including phenoxy) is 1. The molecule has 0 radical (unpaired) electrons. The van der Waals surface area contributed by atoms with E-state index < -0.39 is 23.1 Å². The lowest BCUT2D eigenvalue weighted by atomic mass is 10.1. The fourth-order valence-corrected chi connectivity index (χ4v) is 4.87. The summed E-state index contributed by atoms with van der Waals surface area (Å²) in [5.41, 5.74) is 2.19. The van der Waals surface area contributed by atoms with Gasteiger partial charge in [-0.1, -0.05) is 72.8 Å². The highest BCUT2D eigenvalue weighted by Gasteiger charge is 2.41. The molecular formula is C33H29F3NO4+. The van der Waals surface area contributed by atoms with Gasteiger partial charge in [-0.3, -0.25) is 4.79 Å². The van der Waals surface area contributed by atoms with Crippen molar-refractivity contribution in [1.82, 2.24) is 0 Å². The van der Waals surface area contributed by atoms with Crippen molar-refractivity contribution in [2.24, 2.45) is 0 Å². The lowest BCUT2D eigenvalue weighted by molar-refractivity contribution is -0.941. The van der Waals surface area contributed by atoms with Crippen LogP contribution in [0.3, 0.4) is 0 Å². The summed E-state index contributed by atoms with van der Waals surface area (Å²) in [5.74, 6) is -2.61. The Morgan fingerprint density at radius 2 is 1.44 bits per heavy atom. The lowest BCUT2D eigenvalue weighted by Crippen LogP contribution is -3.08. The minimum Gasteiger partial charge on any atom is -0.507 e. The van der Waals surface area contributed by atoms with E-state index in [-0.39, 0.29) is 34.6 Å². The van der Waals surface area contributed by atoms with E-state index in [1.165, 1.54) is 12.1 Å². The highest BCUT2D eigenvalue weighted by Crippen LogP contribution is 2.40. The summed E-state index contributed by atoms with van der Waals surface area (Å²) < 4.78 is 54.1. The van der Waals surface area contributed by atoms with Gasteiger partial charge >= 0.3 is 6.18 Å². The monoisotopic (exact) mass is 560 g/mol. The second-order valence-electron chi connectivity index (χ2n) is 10.1. The van der Waals surface area contributed by atoms with Crippen molar-refractivity contribution in [3.63, 3.8) is 0 Å². The van der Waals surface area contributed by atoms with Crippen LogP contribution in [0.1, 0.15) is 33.6 Å². The lowest BCUT2D eigenvalue weighted by Gasteiger charge is -2.21. The first-order valence-corrected chi connectivity index (χ1v) is 13.2. The zero-order valence-corrected chi connectivity index (χ0v) is 22.6. The predicted octanol–water partition coefficient (Wildman–Crippen LogP) is 6.71. The van der Waals surface area contributed by atoms with Crippen LogP contribution < -0.4 is 15.1 Å². The quantitative estimate of drug-likeness (QED) is 0.221. The van der Waals surface area contributed by atoms with Gasteiger partial charge in [-0.05, 0) is 43.2 Å². The molecule has 0 atom stereocenters. The zero-order chi connectivity index (χ0) is 29.1. The van der Waals surface area contributed by atoms with E-state index in [9.17, 15) is 23.1 Å². The van der Waals surface area contributed by atoms with E-state index in [1.54, 1.807) is 32.0 Å². The van der Waals surface area contributed by atoms with Crippen molar-refractivity contribution in [3.8, 4) is 17.2 Å². The predicted molar refractivity (Wildman–Crippen MR) is 150 cm³/mol. The Labute approximate surface area is 235 Å². The first kappa shape index (κ1) is 28.0. The molecule has 0 fully saturated rings. The number of aromatic hydroxyl groups is 1. The summed E-state index contributed by atoms with van der Waals surface area (Å²) in [6.45, 7) is 4.60. The largest absolute Gasteiger partial charge is 0.507 e. The van der Waals surface area contributed by atoms with E-state index in [4.69, 9.17) is 9.15 Å². The molecule has 5 aromatic rings. The van der Waals surface area contributed by atoms with Crippen LogP contribution in [0.4, 0.5) is 13.2 Å². The third kappa shape index (κ3) is 6.28. The molecule has 0 aliphatic heterocycles. The van der Waals surface area contributed by atoms with E-state index in [1.807, 2.05) is 60.7 Å². The standard InChI is InChI=1S/C33H28F3NO4/c1-21-13-14-22(2)28(17-21)40-31-29(39)25-15-16-27(38)26(30(25)41-32(31)33(34,35)36)20-37(18-23-9-5-3-6-10-23)19-24-11-7-4-8-12-24/h3-17,38H,18-20H2,1-2H3/p+1. The molecule has 2 N–H and O–H groups in total. The highest BCUT2D eigenvalue weighted by molar-refractivity contribution is 5.83. The Morgan fingerprint density at radius 1 is 0.829 bits per heavy atom. The minimum absolute atomic E-state index is 0.102. The molecule has 4 aromatic carbocycles. The molecule has 0 amide bonds. The first-order chi connectivity index (χ1) is 19.6. The summed E-state index contributed by atoms with van der Waals surface area (Å²) in [7, 11) is 0. The molecule has 0 unspecified atom stereocenters. The first-order valence-electron chi connectivity index (χ1n) is 13.2. The normalized spacial score (nSPS) is 11.8. The van der Waals surface area contributed by atoms with Gasteiger partial charge in [0, 0.05) is 11.1 Å². The van der Waals surface area contributed by atoms with Crippen LogP contribution in [-0.4, -0.2) is 5.11 Å². The van der Waals surface area contributed by atoms with Gasteiger partial charge < -0.3 is 19.2 Å². The van der Waals surface area contributed by atoms with Crippen LogP contribution in [0.2, 0.25) is 0 Å². The molecule has 41 heavy (non-hydrogen) atoms. The molecular weight excluding hydrogens is 531 g/mol. The van der Waals surface area contributed by atoms with Gasteiger partial charge in [0.2, 0.25) is 11.2 Å². The molecule has 0 aliphatic rings. The molecule has 0 bridgehead atoms. The Balaban J connectivity index is 1.63. The van der Waals surface area contributed by atoms with Crippen molar-refractivity contribution < 1.29 is 32.3 Å². The Hall–Kier alpha value is -4.56. The number of halogens is 3. The average Bonchev–Trinajstić information content (AvgIpc) is 2.94. The van der Waals surface area contributed by atoms with E-state index in [0.717, 1.165) is 21.6 Å². The van der Waals surface area contributed by atoms with E-state index >= 15 is 0 Å². The van der Waals surface area contributed by atoms with Crippen LogP contribution in [0, 0.1) is 13.8 Å². The van der Waals surface area contributed by atoms with Crippen LogP contribution in [-0.2, 0) is 25.8 Å². The topological polar surface area (TPSA) is 64.1 Å². The van der Waals surface area contributed by atoms with Gasteiger partial charge in [-0.25, -0.2) is 0 Å². The summed E-state index contributed by atoms with van der Waals surface area (Å²) in [4.78, 5) is 14.5. The zero-order valence-electron chi connectivity index (χ0n) is 22.6. The summed E-state index contributed by atoms with van der Waals surface area (Å²) in [6, 6.07) is 27.0. The van der Waals surface area contributed by atoms with Gasteiger partial charge in [0.15, 0.2) is 5.58 Å². The molecule has 0 spiro atoms. The van der Waals surface area contributed by atoms with Crippen LogP contribution in [0.25, 0.3) is 11.0 Å². The second-order valence-corrected chi connectivity index (χ2v) is 10.1. The number of phenols is 1. The van der Waals surface area contributed by atoms with Crippen LogP contribution in [0.15, 0.2) is 100 Å². The van der Waals surface area contributed by atoms with E-state index in [2.05, 4.69) is 0 Å². The number of hydrogen-bond acceptors (Lipinski definition) is 4. The van der Waals surface area contributed by atoms with Gasteiger partial charge in [0.1, 0.15) is 31.1 Å². The molecule has 1 heterocycles. The Morgan fingerprint density at radius 3 is 2.02 bits per heavy atom. The molecule has 0 aliphatic carbocycles. The summed E-state index contributed by atoms with van der Waals surface area (Å²) >= 11 is 0.